The van der Waals surface area contributed by atoms with Gasteiger partial charge in [0, 0.05) is 0 Å². The van der Waals surface area contributed by atoms with Crippen LogP contribution in [-0.2, 0) is 11.3 Å². The van der Waals surface area contributed by atoms with Gasteiger partial charge in [0.15, 0.2) is 5.37 Å². The summed E-state index contributed by atoms with van der Waals surface area (Å²) in [6, 6.07) is 14.4. The smallest absolute Gasteiger partial charge is 0.291 e. The quantitative estimate of drug-likeness (QED) is 0.856. The molecule has 1 heterocycles. The summed E-state index contributed by atoms with van der Waals surface area (Å²) in [7, 11) is 0. The van der Waals surface area contributed by atoms with Gasteiger partial charge in [0.05, 0.1) is 22.3 Å². The Morgan fingerprint density at radius 1 is 1.00 bits per heavy atom. The number of rotatable bonds is 4. The van der Waals surface area contributed by atoms with E-state index in [0.29, 0.717) is 15.7 Å². The monoisotopic (exact) mass is 366 g/mol. The minimum absolute atomic E-state index is 0.250. The molecule has 4 nitrogen and oxygen atoms in total. The van der Waals surface area contributed by atoms with Crippen LogP contribution < -0.4 is 5.32 Å². The van der Waals surface area contributed by atoms with Gasteiger partial charge in [0.2, 0.25) is 0 Å². The van der Waals surface area contributed by atoms with Crippen LogP contribution in [0.15, 0.2) is 48.5 Å². The van der Waals surface area contributed by atoms with Crippen molar-refractivity contribution in [3.05, 3.63) is 64.1 Å². The normalized spacial score (nSPS) is 17.7. The van der Waals surface area contributed by atoms with Crippen molar-refractivity contribution >= 4 is 51.8 Å². The molecular formula is C16H12Cl2N2O2S. The minimum Gasteiger partial charge on any atom is -0.363 e. The topological polar surface area (TPSA) is 49.4 Å². The van der Waals surface area contributed by atoms with E-state index in [-0.39, 0.29) is 17.7 Å². The Morgan fingerprint density at radius 2 is 1.65 bits per heavy atom. The van der Waals surface area contributed by atoms with Crippen LogP contribution >= 0.6 is 35.0 Å². The molecule has 2 aromatic carbocycles. The van der Waals surface area contributed by atoms with Gasteiger partial charge in [0.25, 0.3) is 11.1 Å². The summed E-state index contributed by atoms with van der Waals surface area (Å²) in [6.07, 6.45) is 0. The fourth-order valence-electron chi connectivity index (χ4n) is 2.21. The maximum absolute atomic E-state index is 12.5. The molecule has 2 aromatic rings. The second-order valence-electron chi connectivity index (χ2n) is 4.91. The number of carbonyl (C=O) groups is 2. The van der Waals surface area contributed by atoms with E-state index in [2.05, 4.69) is 5.32 Å². The molecule has 1 unspecified atom stereocenters. The Kier molecular flexibility index (Phi) is 4.80. The first-order valence-corrected chi connectivity index (χ1v) is 8.46. The minimum atomic E-state index is -0.733. The van der Waals surface area contributed by atoms with Crippen LogP contribution in [0.1, 0.15) is 5.56 Å². The molecule has 0 saturated carbocycles. The van der Waals surface area contributed by atoms with E-state index in [1.54, 1.807) is 18.2 Å². The molecule has 1 N–H and O–H groups in total. The molecule has 23 heavy (non-hydrogen) atoms. The van der Waals surface area contributed by atoms with Gasteiger partial charge in [-0.3, -0.25) is 14.5 Å². The van der Waals surface area contributed by atoms with Crippen LogP contribution in [0.2, 0.25) is 10.0 Å². The molecule has 1 aliphatic rings. The highest BCUT2D eigenvalue weighted by atomic mass is 35.5. The number of nitrogens with one attached hydrogen (secondary N) is 1. The predicted molar refractivity (Wildman–Crippen MR) is 93.9 cm³/mol. The first kappa shape index (κ1) is 16.2. The molecule has 0 aromatic heterocycles. The predicted octanol–water partition coefficient (Wildman–Crippen LogP) is 4.63. The maximum atomic E-state index is 12.5. The van der Waals surface area contributed by atoms with Gasteiger partial charge in [-0.2, -0.15) is 0 Å². The zero-order valence-electron chi connectivity index (χ0n) is 11.8. The van der Waals surface area contributed by atoms with Gasteiger partial charge < -0.3 is 5.32 Å². The number of carbonyl (C=O) groups excluding carboxylic acids is 2. The summed E-state index contributed by atoms with van der Waals surface area (Å²) < 4.78 is 0. The highest BCUT2D eigenvalue weighted by Gasteiger charge is 2.40. The molecule has 3 rings (SSSR count). The third-order valence-corrected chi connectivity index (χ3v) is 4.96. The first-order chi connectivity index (χ1) is 11.1. The number of anilines is 1. The van der Waals surface area contributed by atoms with Gasteiger partial charge in [0.1, 0.15) is 0 Å². The molecule has 0 radical (unpaired) electrons. The Labute approximate surface area is 147 Å². The van der Waals surface area contributed by atoms with Crippen LogP contribution in [0.5, 0.6) is 0 Å². The van der Waals surface area contributed by atoms with Crippen LogP contribution in [0.3, 0.4) is 0 Å². The molecule has 1 fully saturated rings. The summed E-state index contributed by atoms with van der Waals surface area (Å²) in [5.41, 5.74) is 1.35. The van der Waals surface area contributed by atoms with Gasteiger partial charge in [-0.25, -0.2) is 0 Å². The van der Waals surface area contributed by atoms with Crippen molar-refractivity contribution in [3.8, 4) is 0 Å². The van der Waals surface area contributed by atoms with E-state index in [1.807, 2.05) is 30.3 Å². The fourth-order valence-corrected chi connectivity index (χ4v) is 3.61. The molecule has 0 spiro atoms. The molecule has 2 amide bonds. The van der Waals surface area contributed by atoms with E-state index in [4.69, 9.17) is 23.2 Å². The molecule has 1 atom stereocenters. The zero-order valence-corrected chi connectivity index (χ0v) is 14.2. The van der Waals surface area contributed by atoms with Gasteiger partial charge in [-0.05, 0) is 29.5 Å². The second-order valence-corrected chi connectivity index (χ2v) is 6.79. The molecule has 0 bridgehead atoms. The summed E-state index contributed by atoms with van der Waals surface area (Å²) in [6.45, 7) is 0.250. The average molecular weight is 367 g/mol. The SMILES string of the molecule is O=C1SC(Nc2c(Cl)cccc2Cl)C(=O)N1Cc1ccccc1. The summed E-state index contributed by atoms with van der Waals surface area (Å²) in [4.78, 5) is 25.8. The van der Waals surface area contributed by atoms with Crippen LogP contribution in [0, 0.1) is 0 Å². The zero-order chi connectivity index (χ0) is 16.4. The number of nitrogens with zero attached hydrogens (tertiary/aromatic N) is 1. The van der Waals surface area contributed by atoms with Crippen molar-refractivity contribution < 1.29 is 9.59 Å². The van der Waals surface area contributed by atoms with Gasteiger partial charge in [-0.1, -0.05) is 59.6 Å². The first-order valence-electron chi connectivity index (χ1n) is 6.83. The van der Waals surface area contributed by atoms with Crippen molar-refractivity contribution in [2.75, 3.05) is 5.32 Å². The largest absolute Gasteiger partial charge is 0.363 e. The average Bonchev–Trinajstić information content (AvgIpc) is 2.80. The van der Waals surface area contributed by atoms with Crippen molar-refractivity contribution in [3.63, 3.8) is 0 Å². The molecule has 0 aliphatic carbocycles. The Hall–Kier alpha value is -1.69. The highest BCUT2D eigenvalue weighted by Crippen LogP contribution is 2.35. The number of benzene rings is 2. The Bertz CT molecular complexity index is 735. The Morgan fingerprint density at radius 3 is 2.30 bits per heavy atom. The van der Waals surface area contributed by atoms with Crippen molar-refractivity contribution in [2.45, 2.75) is 11.9 Å². The maximum Gasteiger partial charge on any atom is 0.291 e. The number of para-hydroxylation sites is 1. The van der Waals surface area contributed by atoms with Crippen molar-refractivity contribution in [1.82, 2.24) is 4.90 Å². The summed E-state index contributed by atoms with van der Waals surface area (Å²) >= 11 is 13.1. The van der Waals surface area contributed by atoms with Gasteiger partial charge in [-0.15, -0.1) is 0 Å². The summed E-state index contributed by atoms with van der Waals surface area (Å²) in [5.74, 6) is -0.306. The number of halogens is 2. The Balaban J connectivity index is 1.76. The third-order valence-electron chi connectivity index (χ3n) is 3.35. The number of hydrogen-bond acceptors (Lipinski definition) is 4. The lowest BCUT2D eigenvalue weighted by molar-refractivity contribution is -0.126. The van der Waals surface area contributed by atoms with Crippen LogP contribution in [-0.4, -0.2) is 21.4 Å². The third kappa shape index (κ3) is 3.47. The lowest BCUT2D eigenvalue weighted by Crippen LogP contribution is -2.34. The fraction of sp³-hybridized carbons (Fsp3) is 0.125. The lowest BCUT2D eigenvalue weighted by Gasteiger charge is -2.16. The summed E-state index contributed by atoms with van der Waals surface area (Å²) in [5, 5.41) is 2.74. The van der Waals surface area contributed by atoms with E-state index < -0.39 is 5.37 Å². The van der Waals surface area contributed by atoms with Crippen molar-refractivity contribution in [1.29, 1.82) is 0 Å². The highest BCUT2D eigenvalue weighted by molar-refractivity contribution is 8.15. The molecule has 1 saturated heterocycles. The van der Waals surface area contributed by atoms with E-state index in [9.17, 15) is 9.59 Å². The number of amides is 2. The molecular weight excluding hydrogens is 355 g/mol. The molecule has 7 heteroatoms. The number of hydrogen-bond donors (Lipinski definition) is 1. The van der Waals surface area contributed by atoms with Crippen LogP contribution in [0.4, 0.5) is 10.5 Å². The second kappa shape index (κ2) is 6.83. The van der Waals surface area contributed by atoms with E-state index in [0.717, 1.165) is 17.3 Å². The molecule has 118 valence electrons. The number of imide groups is 1. The number of thioether (sulfide) groups is 1. The van der Waals surface area contributed by atoms with Crippen molar-refractivity contribution in [2.24, 2.45) is 0 Å². The van der Waals surface area contributed by atoms with E-state index in [1.165, 1.54) is 4.90 Å². The van der Waals surface area contributed by atoms with Crippen LogP contribution in [0.25, 0.3) is 0 Å². The van der Waals surface area contributed by atoms with Gasteiger partial charge >= 0.3 is 0 Å². The standard InChI is InChI=1S/C16H12Cl2N2O2S/c17-11-7-4-8-12(18)13(11)19-14-15(21)20(16(22)23-14)9-10-5-2-1-3-6-10/h1-8,14,19H,9H2. The lowest BCUT2D eigenvalue weighted by atomic mass is 10.2. The molecule has 1 aliphatic heterocycles. The van der Waals surface area contributed by atoms with E-state index >= 15 is 0 Å².